The fourth-order valence-electron chi connectivity index (χ4n) is 2.85. The number of benzene rings is 2. The quantitative estimate of drug-likeness (QED) is 0.476. The average molecular weight is 398 g/mol. The van der Waals surface area contributed by atoms with Crippen LogP contribution in [0.2, 0.25) is 0 Å². The number of rotatable bonds is 5. The summed E-state index contributed by atoms with van der Waals surface area (Å²) in [6, 6.07) is 8.15. The Morgan fingerprint density at radius 1 is 0.897 bits per heavy atom. The Labute approximate surface area is 165 Å². The smallest absolute Gasteiger partial charge is 0.308 e. The summed E-state index contributed by atoms with van der Waals surface area (Å²) < 4.78 is 26.4. The molecule has 3 aromatic rings. The van der Waals surface area contributed by atoms with E-state index in [9.17, 15) is 14.4 Å². The number of carbonyl (C=O) groups excluding carboxylic acids is 2. The lowest BCUT2D eigenvalue weighted by atomic mass is 10.0. The SMILES string of the molecule is COc1ccc(-c2coc3cc(OC(C)=O)c(OC)c(OC(C)=O)c3c2=O)cc1. The van der Waals surface area contributed by atoms with Gasteiger partial charge in [0, 0.05) is 19.9 Å². The van der Waals surface area contributed by atoms with E-state index >= 15 is 0 Å². The van der Waals surface area contributed by atoms with Crippen molar-refractivity contribution in [1.29, 1.82) is 0 Å². The molecular weight excluding hydrogens is 380 g/mol. The second-order valence-electron chi connectivity index (χ2n) is 6.00. The minimum Gasteiger partial charge on any atom is -0.497 e. The van der Waals surface area contributed by atoms with Crippen molar-refractivity contribution >= 4 is 22.9 Å². The highest BCUT2D eigenvalue weighted by Crippen LogP contribution is 2.43. The number of carbonyl (C=O) groups is 2. The van der Waals surface area contributed by atoms with Crippen molar-refractivity contribution in [3.05, 3.63) is 46.8 Å². The molecule has 1 heterocycles. The third-order valence-corrected chi connectivity index (χ3v) is 4.05. The summed E-state index contributed by atoms with van der Waals surface area (Å²) in [5.74, 6) is -0.955. The molecule has 0 spiro atoms. The molecule has 0 N–H and O–H groups in total. The van der Waals surface area contributed by atoms with Crippen molar-refractivity contribution in [3.8, 4) is 34.1 Å². The van der Waals surface area contributed by atoms with Crippen molar-refractivity contribution in [2.24, 2.45) is 0 Å². The highest BCUT2D eigenvalue weighted by molar-refractivity contribution is 5.94. The van der Waals surface area contributed by atoms with Gasteiger partial charge in [-0.2, -0.15) is 0 Å². The standard InChI is InChI=1S/C21H18O8/c1-11(22)28-17-9-16-18(21(20(17)26-4)29-12(2)23)19(24)15(10-27-16)13-5-7-14(25-3)8-6-13/h5-10H,1-4H3. The third-order valence-electron chi connectivity index (χ3n) is 4.05. The van der Waals surface area contributed by atoms with Crippen molar-refractivity contribution in [3.63, 3.8) is 0 Å². The molecule has 1 aromatic heterocycles. The predicted octanol–water partition coefficient (Wildman–Crippen LogP) is 3.33. The van der Waals surface area contributed by atoms with Crippen molar-refractivity contribution < 1.29 is 33.0 Å². The Morgan fingerprint density at radius 2 is 1.55 bits per heavy atom. The summed E-state index contributed by atoms with van der Waals surface area (Å²) in [6.45, 7) is 2.39. The van der Waals surface area contributed by atoms with Crippen LogP contribution in [0.1, 0.15) is 13.8 Å². The zero-order chi connectivity index (χ0) is 21.1. The van der Waals surface area contributed by atoms with Gasteiger partial charge >= 0.3 is 11.9 Å². The van der Waals surface area contributed by atoms with Gasteiger partial charge in [-0.3, -0.25) is 14.4 Å². The molecule has 0 fully saturated rings. The van der Waals surface area contributed by atoms with E-state index in [-0.39, 0.29) is 33.8 Å². The summed E-state index contributed by atoms with van der Waals surface area (Å²) in [7, 11) is 2.84. The Balaban J connectivity index is 2.32. The largest absolute Gasteiger partial charge is 0.497 e. The Kier molecular flexibility index (Phi) is 5.54. The van der Waals surface area contributed by atoms with E-state index in [2.05, 4.69) is 0 Å². The van der Waals surface area contributed by atoms with Crippen LogP contribution >= 0.6 is 0 Å². The zero-order valence-corrected chi connectivity index (χ0v) is 16.2. The van der Waals surface area contributed by atoms with Crippen LogP contribution in [0.4, 0.5) is 0 Å². The van der Waals surface area contributed by atoms with Crippen LogP contribution in [0.5, 0.6) is 23.0 Å². The van der Waals surface area contributed by atoms with Gasteiger partial charge in [-0.05, 0) is 17.7 Å². The van der Waals surface area contributed by atoms with Gasteiger partial charge in [0.1, 0.15) is 23.0 Å². The van der Waals surface area contributed by atoms with Crippen LogP contribution in [-0.4, -0.2) is 26.2 Å². The maximum atomic E-state index is 13.2. The molecule has 0 bridgehead atoms. The fourth-order valence-corrected chi connectivity index (χ4v) is 2.85. The number of hydrogen-bond donors (Lipinski definition) is 0. The third kappa shape index (κ3) is 3.91. The van der Waals surface area contributed by atoms with Crippen molar-refractivity contribution in [2.45, 2.75) is 13.8 Å². The molecule has 0 aliphatic heterocycles. The number of methoxy groups -OCH3 is 2. The lowest BCUT2D eigenvalue weighted by Crippen LogP contribution is -2.12. The number of esters is 2. The molecule has 0 radical (unpaired) electrons. The molecule has 0 amide bonds. The van der Waals surface area contributed by atoms with Crippen LogP contribution in [0.25, 0.3) is 22.1 Å². The van der Waals surface area contributed by atoms with E-state index in [1.165, 1.54) is 40.4 Å². The van der Waals surface area contributed by atoms with E-state index in [4.69, 9.17) is 23.4 Å². The van der Waals surface area contributed by atoms with Gasteiger partial charge in [-0.15, -0.1) is 0 Å². The predicted molar refractivity (Wildman–Crippen MR) is 104 cm³/mol. The second kappa shape index (κ2) is 8.05. The molecular formula is C21H18O8. The van der Waals surface area contributed by atoms with E-state index < -0.39 is 17.4 Å². The average Bonchev–Trinajstić information content (AvgIpc) is 2.67. The van der Waals surface area contributed by atoms with E-state index in [0.717, 1.165) is 0 Å². The monoisotopic (exact) mass is 398 g/mol. The number of ether oxygens (including phenoxy) is 4. The Bertz CT molecular complexity index is 1140. The van der Waals surface area contributed by atoms with Gasteiger partial charge in [0.05, 0.1) is 19.8 Å². The van der Waals surface area contributed by atoms with Crippen LogP contribution in [0.3, 0.4) is 0 Å². The molecule has 29 heavy (non-hydrogen) atoms. The number of hydrogen-bond acceptors (Lipinski definition) is 8. The minimum atomic E-state index is -0.682. The van der Waals surface area contributed by atoms with Gasteiger partial charge in [-0.25, -0.2) is 0 Å². The topological polar surface area (TPSA) is 101 Å². The minimum absolute atomic E-state index is 0.0127. The summed E-state index contributed by atoms with van der Waals surface area (Å²) in [5, 5.41) is -0.0127. The summed E-state index contributed by atoms with van der Waals surface area (Å²) >= 11 is 0. The van der Waals surface area contributed by atoms with Crippen LogP contribution < -0.4 is 24.4 Å². The molecule has 3 rings (SSSR count). The lowest BCUT2D eigenvalue weighted by Gasteiger charge is -2.15. The molecule has 0 saturated heterocycles. The molecule has 0 atom stereocenters. The maximum Gasteiger partial charge on any atom is 0.308 e. The molecule has 0 aliphatic rings. The Morgan fingerprint density at radius 3 is 2.10 bits per heavy atom. The van der Waals surface area contributed by atoms with E-state index in [1.807, 2.05) is 0 Å². The first-order valence-electron chi connectivity index (χ1n) is 8.53. The fraction of sp³-hybridized carbons (Fsp3) is 0.190. The van der Waals surface area contributed by atoms with Crippen LogP contribution in [0, 0.1) is 0 Å². The van der Waals surface area contributed by atoms with Crippen molar-refractivity contribution in [1.82, 2.24) is 0 Å². The first-order valence-corrected chi connectivity index (χ1v) is 8.53. The van der Waals surface area contributed by atoms with Gasteiger partial charge < -0.3 is 23.4 Å². The summed E-state index contributed by atoms with van der Waals surface area (Å²) in [6.07, 6.45) is 1.29. The highest BCUT2D eigenvalue weighted by atomic mass is 16.6. The molecule has 8 nitrogen and oxygen atoms in total. The van der Waals surface area contributed by atoms with Crippen LogP contribution in [0.15, 0.2) is 45.8 Å². The summed E-state index contributed by atoms with van der Waals surface area (Å²) in [5.41, 5.74) is 0.454. The molecule has 150 valence electrons. The second-order valence-corrected chi connectivity index (χ2v) is 6.00. The van der Waals surface area contributed by atoms with Gasteiger partial charge in [-0.1, -0.05) is 12.1 Å². The van der Waals surface area contributed by atoms with Crippen molar-refractivity contribution in [2.75, 3.05) is 14.2 Å². The first-order chi connectivity index (χ1) is 13.8. The first kappa shape index (κ1) is 19.9. The van der Waals surface area contributed by atoms with E-state index in [0.29, 0.717) is 11.3 Å². The lowest BCUT2D eigenvalue weighted by molar-refractivity contribution is -0.132. The summed E-state index contributed by atoms with van der Waals surface area (Å²) in [4.78, 5) is 36.3. The molecule has 2 aromatic carbocycles. The normalized spacial score (nSPS) is 10.5. The molecule has 8 heteroatoms. The molecule has 0 saturated carbocycles. The van der Waals surface area contributed by atoms with Crippen LogP contribution in [-0.2, 0) is 9.59 Å². The van der Waals surface area contributed by atoms with E-state index in [1.54, 1.807) is 24.3 Å². The van der Waals surface area contributed by atoms with Gasteiger partial charge in [0.15, 0.2) is 11.5 Å². The molecule has 0 aliphatic carbocycles. The van der Waals surface area contributed by atoms with Gasteiger partial charge in [0.25, 0.3) is 0 Å². The zero-order valence-electron chi connectivity index (χ0n) is 16.2. The number of fused-ring (bicyclic) bond motifs is 1. The highest BCUT2D eigenvalue weighted by Gasteiger charge is 2.24. The molecule has 0 unspecified atom stereocenters. The maximum absolute atomic E-state index is 13.2. The Hall–Kier alpha value is -3.81. The van der Waals surface area contributed by atoms with Gasteiger partial charge in [0.2, 0.25) is 11.2 Å².